The van der Waals surface area contributed by atoms with Gasteiger partial charge in [-0.1, -0.05) is 63.7 Å². The molecule has 0 aromatic carbocycles. The first kappa shape index (κ1) is 34.6. The minimum atomic E-state index is -1.01. The Hall–Kier alpha value is -1.87. The highest BCUT2D eigenvalue weighted by Crippen LogP contribution is 2.44. The molecule has 8 N–H and O–H groups in total. The van der Waals surface area contributed by atoms with Gasteiger partial charge in [-0.25, -0.2) is 0 Å². The first-order valence-corrected chi connectivity index (χ1v) is 16.7. The van der Waals surface area contributed by atoms with Crippen LogP contribution >= 0.6 is 0 Å². The van der Waals surface area contributed by atoms with E-state index in [0.29, 0.717) is 43.5 Å². The molecule has 0 aromatic heterocycles. The molecule has 240 valence electrons. The summed E-state index contributed by atoms with van der Waals surface area (Å²) in [4.78, 5) is 12.2. The number of carboxylic acid groups (broad SMARTS) is 1. The fraction of sp³-hybridized carbons (Fsp3) is 0.794. The zero-order valence-electron chi connectivity index (χ0n) is 26.1. The second-order valence-corrected chi connectivity index (χ2v) is 13.4. The zero-order chi connectivity index (χ0) is 30.5. The standard InChI is InChI=1S/C34H59N3O5/c1-3-4-6-9-24-12-13-27(30(38)19-24)10-7-5-8-11-29(33(40)41)31(39)21-28(23-36-2)34(42)16-14-26(22-34)18-25-15-17-37-32(35)20-25/h12-13,15,20,24,26-31,36-39,42H,3-11,14,16-19,21-23,35H2,1-2H3,(H,40,41). The number of carbonyl (C=O) groups is 1. The number of rotatable bonds is 19. The summed E-state index contributed by atoms with van der Waals surface area (Å²) < 4.78 is 0. The number of aliphatic carboxylic acids is 1. The molecule has 42 heavy (non-hydrogen) atoms. The van der Waals surface area contributed by atoms with E-state index in [2.05, 4.69) is 35.8 Å². The molecule has 2 aliphatic carbocycles. The summed E-state index contributed by atoms with van der Waals surface area (Å²) in [5.41, 5.74) is 6.19. The van der Waals surface area contributed by atoms with E-state index in [-0.39, 0.29) is 24.4 Å². The second kappa shape index (κ2) is 17.4. The van der Waals surface area contributed by atoms with Gasteiger partial charge in [0.25, 0.3) is 0 Å². The number of carboxylic acids is 1. The third kappa shape index (κ3) is 10.7. The molecule has 3 aliphatic rings. The van der Waals surface area contributed by atoms with Gasteiger partial charge in [-0.15, -0.1) is 0 Å². The van der Waals surface area contributed by atoms with Gasteiger partial charge in [0.05, 0.1) is 29.5 Å². The van der Waals surface area contributed by atoms with Crippen molar-refractivity contribution in [1.82, 2.24) is 10.6 Å². The van der Waals surface area contributed by atoms with E-state index >= 15 is 0 Å². The van der Waals surface area contributed by atoms with E-state index in [1.54, 1.807) is 0 Å². The van der Waals surface area contributed by atoms with Gasteiger partial charge in [-0.2, -0.15) is 0 Å². The van der Waals surface area contributed by atoms with Gasteiger partial charge in [0.15, 0.2) is 0 Å². The molecule has 0 saturated heterocycles. The predicted octanol–water partition coefficient (Wildman–Crippen LogP) is 4.61. The number of nitrogens with one attached hydrogen (secondary N) is 2. The summed E-state index contributed by atoms with van der Waals surface area (Å²) in [6, 6.07) is 0. The van der Waals surface area contributed by atoms with Crippen molar-refractivity contribution in [2.24, 2.45) is 35.3 Å². The minimum absolute atomic E-state index is 0.186. The summed E-state index contributed by atoms with van der Waals surface area (Å²) in [5, 5.41) is 49.6. The fourth-order valence-corrected chi connectivity index (χ4v) is 7.54. The number of unbranched alkanes of at least 4 members (excludes halogenated alkanes) is 4. The predicted molar refractivity (Wildman–Crippen MR) is 168 cm³/mol. The van der Waals surface area contributed by atoms with Crippen molar-refractivity contribution in [3.8, 4) is 0 Å². The molecule has 8 heteroatoms. The lowest BCUT2D eigenvalue weighted by Gasteiger charge is -2.35. The smallest absolute Gasteiger partial charge is 0.309 e. The fourth-order valence-electron chi connectivity index (χ4n) is 7.54. The average Bonchev–Trinajstić information content (AvgIpc) is 3.32. The van der Waals surface area contributed by atoms with Crippen LogP contribution in [0.1, 0.15) is 103 Å². The van der Waals surface area contributed by atoms with Gasteiger partial charge in [0.2, 0.25) is 0 Å². The number of allylic oxidation sites excluding steroid dienone is 3. The lowest BCUT2D eigenvalue weighted by molar-refractivity contribution is -0.147. The molecule has 1 aliphatic heterocycles. The summed E-state index contributed by atoms with van der Waals surface area (Å²) in [5.74, 6) is -0.357. The van der Waals surface area contributed by atoms with Crippen molar-refractivity contribution in [1.29, 1.82) is 0 Å². The number of hydrogen-bond donors (Lipinski definition) is 7. The lowest BCUT2D eigenvalue weighted by Crippen LogP contribution is -2.44. The van der Waals surface area contributed by atoms with Crippen molar-refractivity contribution in [3.63, 3.8) is 0 Å². The molecule has 1 fully saturated rings. The highest BCUT2D eigenvalue weighted by atomic mass is 16.4. The first-order chi connectivity index (χ1) is 20.1. The molecule has 1 heterocycles. The van der Waals surface area contributed by atoms with Crippen molar-refractivity contribution < 1.29 is 25.2 Å². The van der Waals surface area contributed by atoms with Crippen LogP contribution in [0.5, 0.6) is 0 Å². The number of aliphatic hydroxyl groups is 3. The highest BCUT2D eigenvalue weighted by Gasteiger charge is 2.45. The minimum Gasteiger partial charge on any atom is -0.481 e. The normalized spacial score (nSPS) is 29.8. The van der Waals surface area contributed by atoms with Crippen LogP contribution in [0.3, 0.4) is 0 Å². The maximum Gasteiger partial charge on any atom is 0.309 e. The third-order valence-corrected chi connectivity index (χ3v) is 10.1. The molecule has 8 nitrogen and oxygen atoms in total. The summed E-state index contributed by atoms with van der Waals surface area (Å²) in [6.07, 6.45) is 20.2. The lowest BCUT2D eigenvalue weighted by atomic mass is 9.78. The van der Waals surface area contributed by atoms with Crippen LogP contribution in [-0.4, -0.2) is 64.3 Å². The monoisotopic (exact) mass is 589 g/mol. The molecule has 8 unspecified atom stereocenters. The molecule has 1 saturated carbocycles. The van der Waals surface area contributed by atoms with Gasteiger partial charge in [0, 0.05) is 24.9 Å². The van der Waals surface area contributed by atoms with E-state index in [9.17, 15) is 25.2 Å². The molecule has 0 spiro atoms. The summed E-state index contributed by atoms with van der Waals surface area (Å²) in [7, 11) is 1.84. The van der Waals surface area contributed by atoms with Crippen molar-refractivity contribution in [2.45, 2.75) is 121 Å². The third-order valence-electron chi connectivity index (χ3n) is 10.1. The van der Waals surface area contributed by atoms with Crippen LogP contribution in [0.4, 0.5) is 0 Å². The van der Waals surface area contributed by atoms with Crippen LogP contribution in [-0.2, 0) is 4.79 Å². The van der Waals surface area contributed by atoms with Crippen LogP contribution < -0.4 is 16.4 Å². The Morgan fingerprint density at radius 3 is 2.67 bits per heavy atom. The maximum atomic E-state index is 12.2. The molecule has 0 radical (unpaired) electrons. The van der Waals surface area contributed by atoms with E-state index in [4.69, 9.17) is 5.73 Å². The van der Waals surface area contributed by atoms with Crippen molar-refractivity contribution >= 4 is 5.97 Å². The highest BCUT2D eigenvalue weighted by molar-refractivity contribution is 5.70. The Kier molecular flexibility index (Phi) is 14.4. The quantitative estimate of drug-likeness (QED) is 0.0854. The Morgan fingerprint density at radius 1 is 1.19 bits per heavy atom. The van der Waals surface area contributed by atoms with E-state index in [0.717, 1.165) is 57.9 Å². The Bertz CT molecular complexity index is 921. The van der Waals surface area contributed by atoms with Crippen LogP contribution in [0.25, 0.3) is 0 Å². The number of hydrogen-bond acceptors (Lipinski definition) is 7. The topological polar surface area (TPSA) is 148 Å². The van der Waals surface area contributed by atoms with E-state index in [1.807, 2.05) is 13.1 Å². The molecule has 8 atom stereocenters. The average molecular weight is 590 g/mol. The Balaban J connectivity index is 1.44. The Labute approximate surface area is 253 Å². The number of dihydropyridines is 1. The Morgan fingerprint density at radius 2 is 1.98 bits per heavy atom. The largest absolute Gasteiger partial charge is 0.481 e. The summed E-state index contributed by atoms with van der Waals surface area (Å²) in [6.45, 7) is 3.46. The maximum absolute atomic E-state index is 12.2. The number of nitrogens with two attached hydrogens (primary N) is 1. The molecule has 0 bridgehead atoms. The van der Waals surface area contributed by atoms with E-state index in [1.165, 1.54) is 24.8 Å². The van der Waals surface area contributed by atoms with Crippen molar-refractivity contribution in [2.75, 3.05) is 20.1 Å². The van der Waals surface area contributed by atoms with Gasteiger partial charge in [-0.3, -0.25) is 4.79 Å². The number of aliphatic hydroxyl groups excluding tert-OH is 2. The SMILES string of the molecule is CCCCCC1C=CC(CCCCCC(C(=O)O)C(O)CC(CNC)C2(O)CCC(CC3=CCNC(N)=C3)C2)C(O)C1. The van der Waals surface area contributed by atoms with Gasteiger partial charge >= 0.3 is 5.97 Å². The first-order valence-electron chi connectivity index (χ1n) is 16.7. The summed E-state index contributed by atoms with van der Waals surface area (Å²) >= 11 is 0. The molecular formula is C34H59N3O5. The van der Waals surface area contributed by atoms with Gasteiger partial charge in [-0.05, 0) is 88.3 Å². The second-order valence-electron chi connectivity index (χ2n) is 13.4. The molecule has 0 aromatic rings. The van der Waals surface area contributed by atoms with Crippen molar-refractivity contribution in [3.05, 3.63) is 35.7 Å². The van der Waals surface area contributed by atoms with Crippen LogP contribution in [0.2, 0.25) is 0 Å². The van der Waals surface area contributed by atoms with Gasteiger partial charge < -0.3 is 36.8 Å². The molecular weight excluding hydrogens is 530 g/mol. The van der Waals surface area contributed by atoms with Gasteiger partial charge in [0.1, 0.15) is 0 Å². The van der Waals surface area contributed by atoms with Crippen LogP contribution in [0.15, 0.2) is 35.7 Å². The molecule has 0 amide bonds. The van der Waals surface area contributed by atoms with E-state index < -0.39 is 23.6 Å². The zero-order valence-corrected chi connectivity index (χ0v) is 26.1. The molecule has 3 rings (SSSR count). The van der Waals surface area contributed by atoms with Crippen LogP contribution in [0, 0.1) is 29.6 Å².